The SMILES string of the molecule is COC1(C(=O)Cc2ccc(F)c(Br)c2)CCCCCC1. The zero-order valence-electron chi connectivity index (χ0n) is 11.8. The Morgan fingerprint density at radius 3 is 2.50 bits per heavy atom. The summed E-state index contributed by atoms with van der Waals surface area (Å²) in [7, 11) is 1.63. The second-order valence-corrected chi connectivity index (χ2v) is 6.32. The Kier molecular flexibility index (Phi) is 5.33. The van der Waals surface area contributed by atoms with Crippen LogP contribution in [0.25, 0.3) is 0 Å². The number of carbonyl (C=O) groups excluding carboxylic acids is 1. The highest BCUT2D eigenvalue weighted by molar-refractivity contribution is 9.10. The van der Waals surface area contributed by atoms with E-state index in [-0.39, 0.29) is 11.6 Å². The van der Waals surface area contributed by atoms with E-state index in [1.807, 2.05) is 0 Å². The van der Waals surface area contributed by atoms with Crippen molar-refractivity contribution in [2.75, 3.05) is 7.11 Å². The van der Waals surface area contributed by atoms with Gasteiger partial charge in [0.25, 0.3) is 0 Å². The van der Waals surface area contributed by atoms with Crippen LogP contribution in [0.2, 0.25) is 0 Å². The number of carbonyl (C=O) groups is 1. The summed E-state index contributed by atoms with van der Waals surface area (Å²) in [6, 6.07) is 4.73. The van der Waals surface area contributed by atoms with Gasteiger partial charge in [0.1, 0.15) is 11.4 Å². The van der Waals surface area contributed by atoms with Gasteiger partial charge in [-0.15, -0.1) is 0 Å². The molecule has 1 fully saturated rings. The van der Waals surface area contributed by atoms with Gasteiger partial charge in [0.05, 0.1) is 4.47 Å². The summed E-state index contributed by atoms with van der Waals surface area (Å²) in [5.41, 5.74) is 0.182. The standard InChI is InChI=1S/C16H20BrFO2/c1-20-16(8-4-2-3-5-9-16)15(19)11-12-6-7-14(18)13(17)10-12/h6-7,10H,2-5,8-9,11H2,1H3. The van der Waals surface area contributed by atoms with Crippen molar-refractivity contribution in [2.45, 2.75) is 50.5 Å². The van der Waals surface area contributed by atoms with Crippen LogP contribution in [0.3, 0.4) is 0 Å². The number of methoxy groups -OCH3 is 1. The van der Waals surface area contributed by atoms with Gasteiger partial charge in [-0.2, -0.15) is 0 Å². The quantitative estimate of drug-likeness (QED) is 0.756. The van der Waals surface area contributed by atoms with E-state index in [0.29, 0.717) is 10.9 Å². The zero-order valence-corrected chi connectivity index (χ0v) is 13.3. The second-order valence-electron chi connectivity index (χ2n) is 5.46. The molecule has 0 unspecified atom stereocenters. The Hall–Kier alpha value is -0.740. The lowest BCUT2D eigenvalue weighted by Gasteiger charge is -2.29. The molecule has 0 N–H and O–H groups in total. The van der Waals surface area contributed by atoms with E-state index in [9.17, 15) is 9.18 Å². The van der Waals surface area contributed by atoms with Crippen LogP contribution in [0.15, 0.2) is 22.7 Å². The second kappa shape index (κ2) is 6.81. The number of ether oxygens (including phenoxy) is 1. The molecule has 0 radical (unpaired) electrons. The molecule has 1 aliphatic rings. The maximum absolute atomic E-state index is 13.2. The molecule has 4 heteroatoms. The molecular formula is C16H20BrFO2. The van der Waals surface area contributed by atoms with E-state index in [1.54, 1.807) is 19.2 Å². The first-order valence-electron chi connectivity index (χ1n) is 7.10. The number of ketones is 1. The average Bonchev–Trinajstić information content (AvgIpc) is 2.69. The summed E-state index contributed by atoms with van der Waals surface area (Å²) in [6.07, 6.45) is 6.29. The molecule has 0 amide bonds. The Balaban J connectivity index is 2.14. The lowest BCUT2D eigenvalue weighted by molar-refractivity contribution is -0.142. The van der Waals surface area contributed by atoms with Crippen LogP contribution in [0.4, 0.5) is 4.39 Å². The normalized spacial score (nSPS) is 18.6. The fourth-order valence-corrected chi connectivity index (χ4v) is 3.32. The van der Waals surface area contributed by atoms with Crippen molar-refractivity contribution >= 4 is 21.7 Å². The van der Waals surface area contributed by atoms with Crippen molar-refractivity contribution in [1.82, 2.24) is 0 Å². The lowest BCUT2D eigenvalue weighted by atomic mass is 9.86. The van der Waals surface area contributed by atoms with E-state index >= 15 is 0 Å². The minimum atomic E-state index is -0.642. The summed E-state index contributed by atoms with van der Waals surface area (Å²) in [5.74, 6) is -0.197. The monoisotopic (exact) mass is 342 g/mol. The first-order valence-corrected chi connectivity index (χ1v) is 7.89. The number of Topliss-reactive ketones (excluding diaryl/α,β-unsaturated/α-hetero) is 1. The third-order valence-corrected chi connectivity index (χ3v) is 4.77. The van der Waals surface area contributed by atoms with Crippen molar-refractivity contribution in [3.8, 4) is 0 Å². The van der Waals surface area contributed by atoms with Crippen molar-refractivity contribution in [3.05, 3.63) is 34.1 Å². The molecule has 1 aliphatic carbocycles. The highest BCUT2D eigenvalue weighted by Gasteiger charge is 2.37. The molecule has 0 aromatic heterocycles. The Bertz CT molecular complexity index is 479. The molecule has 110 valence electrons. The minimum Gasteiger partial charge on any atom is -0.370 e. The Morgan fingerprint density at radius 2 is 1.95 bits per heavy atom. The maximum atomic E-state index is 13.2. The summed E-state index contributed by atoms with van der Waals surface area (Å²) in [6.45, 7) is 0. The first-order chi connectivity index (χ1) is 9.57. The van der Waals surface area contributed by atoms with Gasteiger partial charge < -0.3 is 4.74 Å². The number of benzene rings is 1. The van der Waals surface area contributed by atoms with Crippen molar-refractivity contribution < 1.29 is 13.9 Å². The molecule has 0 aliphatic heterocycles. The molecule has 0 saturated heterocycles. The van der Waals surface area contributed by atoms with Gasteiger partial charge in [-0.25, -0.2) is 4.39 Å². The maximum Gasteiger partial charge on any atom is 0.168 e. The predicted octanol–water partition coefficient (Wildman–Crippen LogP) is 4.44. The van der Waals surface area contributed by atoms with E-state index in [2.05, 4.69) is 15.9 Å². The summed E-state index contributed by atoms with van der Waals surface area (Å²) in [4.78, 5) is 12.6. The fraction of sp³-hybridized carbons (Fsp3) is 0.562. The molecule has 1 aromatic carbocycles. The van der Waals surface area contributed by atoms with E-state index in [4.69, 9.17) is 4.74 Å². The molecule has 2 nitrogen and oxygen atoms in total. The van der Waals surface area contributed by atoms with E-state index in [1.165, 1.54) is 18.9 Å². The Morgan fingerprint density at radius 1 is 1.30 bits per heavy atom. The van der Waals surface area contributed by atoms with Crippen LogP contribution >= 0.6 is 15.9 Å². The van der Waals surface area contributed by atoms with E-state index < -0.39 is 5.60 Å². The van der Waals surface area contributed by atoms with Crippen LogP contribution in [-0.2, 0) is 16.0 Å². The van der Waals surface area contributed by atoms with Crippen LogP contribution in [0.5, 0.6) is 0 Å². The lowest BCUT2D eigenvalue weighted by Crippen LogP contribution is -2.41. The molecule has 0 bridgehead atoms. The molecule has 1 saturated carbocycles. The number of rotatable bonds is 4. The number of halogens is 2. The van der Waals surface area contributed by atoms with Crippen molar-refractivity contribution in [3.63, 3.8) is 0 Å². The van der Waals surface area contributed by atoms with Crippen LogP contribution < -0.4 is 0 Å². The smallest absolute Gasteiger partial charge is 0.168 e. The predicted molar refractivity (Wildman–Crippen MR) is 80.3 cm³/mol. The molecule has 0 spiro atoms. The van der Waals surface area contributed by atoms with Crippen molar-refractivity contribution in [2.24, 2.45) is 0 Å². The van der Waals surface area contributed by atoms with E-state index in [0.717, 1.165) is 31.2 Å². The molecule has 0 heterocycles. The fourth-order valence-electron chi connectivity index (χ4n) is 2.89. The van der Waals surface area contributed by atoms with Crippen molar-refractivity contribution in [1.29, 1.82) is 0 Å². The van der Waals surface area contributed by atoms with Gasteiger partial charge >= 0.3 is 0 Å². The summed E-state index contributed by atoms with van der Waals surface area (Å²) < 4.78 is 19.2. The molecule has 0 atom stereocenters. The minimum absolute atomic E-state index is 0.111. The highest BCUT2D eigenvalue weighted by Crippen LogP contribution is 2.32. The topological polar surface area (TPSA) is 26.3 Å². The van der Waals surface area contributed by atoms with Gasteiger partial charge in [-0.05, 0) is 46.5 Å². The summed E-state index contributed by atoms with van der Waals surface area (Å²) >= 11 is 3.16. The zero-order chi connectivity index (χ0) is 14.6. The largest absolute Gasteiger partial charge is 0.370 e. The first kappa shape index (κ1) is 15.6. The van der Waals surface area contributed by atoms with Gasteiger partial charge in [0.2, 0.25) is 0 Å². The average molecular weight is 343 g/mol. The Labute approximate surface area is 127 Å². The van der Waals surface area contributed by atoms with Gasteiger partial charge in [0, 0.05) is 13.5 Å². The van der Waals surface area contributed by atoms with Gasteiger partial charge in [0.15, 0.2) is 5.78 Å². The van der Waals surface area contributed by atoms with Crippen LogP contribution in [-0.4, -0.2) is 18.5 Å². The molecular weight excluding hydrogens is 323 g/mol. The number of hydrogen-bond acceptors (Lipinski definition) is 2. The number of hydrogen-bond donors (Lipinski definition) is 0. The van der Waals surface area contributed by atoms with Gasteiger partial charge in [-0.3, -0.25) is 4.79 Å². The van der Waals surface area contributed by atoms with Crippen LogP contribution in [0, 0.1) is 5.82 Å². The molecule has 20 heavy (non-hydrogen) atoms. The summed E-state index contributed by atoms with van der Waals surface area (Å²) in [5, 5.41) is 0. The third-order valence-electron chi connectivity index (χ3n) is 4.16. The molecule has 2 rings (SSSR count). The van der Waals surface area contributed by atoms with Crippen LogP contribution in [0.1, 0.15) is 44.1 Å². The van der Waals surface area contributed by atoms with Gasteiger partial charge in [-0.1, -0.05) is 31.7 Å². The highest BCUT2D eigenvalue weighted by atomic mass is 79.9. The third kappa shape index (κ3) is 3.47. The molecule has 1 aromatic rings.